The van der Waals surface area contributed by atoms with Crippen molar-refractivity contribution in [3.05, 3.63) is 58.7 Å². The van der Waals surface area contributed by atoms with Crippen LogP contribution < -0.4 is 5.32 Å². The second kappa shape index (κ2) is 10.1. The fourth-order valence-electron chi connectivity index (χ4n) is 2.20. The van der Waals surface area contributed by atoms with E-state index in [4.69, 9.17) is 21.1 Å². The Balaban J connectivity index is 2.64. The Labute approximate surface area is 143 Å². The van der Waals surface area contributed by atoms with Crippen molar-refractivity contribution in [2.45, 2.75) is 33.0 Å². The number of rotatable bonds is 7. The van der Waals surface area contributed by atoms with Gasteiger partial charge in [0.25, 0.3) is 0 Å². The van der Waals surface area contributed by atoms with Gasteiger partial charge in [-0.05, 0) is 32.4 Å². The van der Waals surface area contributed by atoms with Crippen LogP contribution in [0.15, 0.2) is 48.1 Å². The van der Waals surface area contributed by atoms with E-state index in [1.807, 2.05) is 50.3 Å². The van der Waals surface area contributed by atoms with E-state index in [-0.39, 0.29) is 0 Å². The van der Waals surface area contributed by atoms with Gasteiger partial charge in [0.15, 0.2) is 0 Å². The van der Waals surface area contributed by atoms with Crippen molar-refractivity contribution >= 4 is 17.7 Å². The van der Waals surface area contributed by atoms with Crippen LogP contribution in [0.5, 0.6) is 0 Å². The molecule has 0 heterocycles. The van der Waals surface area contributed by atoms with Gasteiger partial charge in [0, 0.05) is 24.2 Å². The largest absolute Gasteiger partial charge is 0.443 e. The molecule has 1 N–H and O–H groups in total. The number of allylic oxidation sites excluding steroid dienone is 2. The molecule has 1 aromatic carbocycles. The summed E-state index contributed by atoms with van der Waals surface area (Å²) in [6.07, 6.45) is 4.40. The van der Waals surface area contributed by atoms with E-state index in [9.17, 15) is 4.79 Å². The molecular formula is C18H24ClNO3. The zero-order valence-electron chi connectivity index (χ0n) is 14.0. The highest BCUT2D eigenvalue weighted by molar-refractivity contribution is 6.31. The fourth-order valence-corrected chi connectivity index (χ4v) is 2.44. The van der Waals surface area contributed by atoms with Crippen molar-refractivity contribution in [1.82, 2.24) is 5.32 Å². The molecule has 0 fully saturated rings. The highest BCUT2D eigenvalue weighted by Crippen LogP contribution is 2.28. The number of amides is 1. The van der Waals surface area contributed by atoms with E-state index >= 15 is 0 Å². The van der Waals surface area contributed by atoms with Crippen molar-refractivity contribution in [3.63, 3.8) is 0 Å². The molecule has 1 amide bonds. The molecule has 5 heteroatoms. The van der Waals surface area contributed by atoms with Gasteiger partial charge in [-0.15, -0.1) is 0 Å². The molecule has 1 rings (SSSR count). The molecular weight excluding hydrogens is 314 g/mol. The standard InChI is InChI=1S/C18H24ClNO3/c1-5-9-14(6-2)12-20-18(21)23-13(3)17(22-4)15-10-7-8-11-16(15)19/h5-11,13,17H,12H2,1-4H3,(H,20,21). The van der Waals surface area contributed by atoms with Crippen molar-refractivity contribution < 1.29 is 14.3 Å². The molecule has 0 saturated carbocycles. The number of carbonyl (C=O) groups is 1. The topological polar surface area (TPSA) is 47.6 Å². The lowest BCUT2D eigenvalue weighted by Crippen LogP contribution is -2.32. The molecule has 0 radical (unpaired) electrons. The van der Waals surface area contributed by atoms with E-state index in [1.54, 1.807) is 20.1 Å². The highest BCUT2D eigenvalue weighted by atomic mass is 35.5. The fraction of sp³-hybridized carbons (Fsp3) is 0.389. The predicted molar refractivity (Wildman–Crippen MR) is 93.7 cm³/mol. The molecule has 0 aliphatic heterocycles. The van der Waals surface area contributed by atoms with Crippen LogP contribution in [0.2, 0.25) is 5.02 Å². The molecule has 23 heavy (non-hydrogen) atoms. The Morgan fingerprint density at radius 2 is 2.04 bits per heavy atom. The summed E-state index contributed by atoms with van der Waals surface area (Å²) >= 11 is 6.18. The number of carbonyl (C=O) groups excluding carboxylic acids is 1. The van der Waals surface area contributed by atoms with Gasteiger partial charge in [0.2, 0.25) is 0 Å². The number of hydrogen-bond acceptors (Lipinski definition) is 3. The lowest BCUT2D eigenvalue weighted by Gasteiger charge is -2.24. The first-order valence-corrected chi connectivity index (χ1v) is 7.90. The Bertz CT molecular complexity index is 569. The summed E-state index contributed by atoms with van der Waals surface area (Å²) in [6.45, 7) is 6.04. The van der Waals surface area contributed by atoms with Crippen LogP contribution >= 0.6 is 11.6 Å². The van der Waals surface area contributed by atoms with Crippen LogP contribution in [-0.2, 0) is 9.47 Å². The third-order valence-electron chi connectivity index (χ3n) is 3.37. The van der Waals surface area contributed by atoms with Crippen LogP contribution in [0, 0.1) is 0 Å². The summed E-state index contributed by atoms with van der Waals surface area (Å²) in [5.41, 5.74) is 1.80. The normalized spacial score (nSPS) is 14.6. The van der Waals surface area contributed by atoms with E-state index in [0.717, 1.165) is 11.1 Å². The first-order valence-electron chi connectivity index (χ1n) is 7.53. The lowest BCUT2D eigenvalue weighted by atomic mass is 10.1. The van der Waals surface area contributed by atoms with Crippen LogP contribution in [0.1, 0.15) is 32.4 Å². The van der Waals surface area contributed by atoms with Gasteiger partial charge in [0.1, 0.15) is 12.2 Å². The number of alkyl carbamates (subject to hydrolysis) is 1. The van der Waals surface area contributed by atoms with Gasteiger partial charge in [-0.3, -0.25) is 0 Å². The van der Waals surface area contributed by atoms with Crippen molar-refractivity contribution in [1.29, 1.82) is 0 Å². The third kappa shape index (κ3) is 6.08. The summed E-state index contributed by atoms with van der Waals surface area (Å²) in [4.78, 5) is 11.9. The molecule has 0 aliphatic carbocycles. The summed E-state index contributed by atoms with van der Waals surface area (Å²) in [5, 5.41) is 3.31. The minimum absolute atomic E-state index is 0.413. The third-order valence-corrected chi connectivity index (χ3v) is 3.72. The van der Waals surface area contributed by atoms with Crippen molar-refractivity contribution in [2.24, 2.45) is 0 Å². The highest BCUT2D eigenvalue weighted by Gasteiger charge is 2.24. The van der Waals surface area contributed by atoms with E-state index < -0.39 is 18.3 Å². The van der Waals surface area contributed by atoms with E-state index in [0.29, 0.717) is 11.6 Å². The molecule has 2 unspecified atom stereocenters. The van der Waals surface area contributed by atoms with Gasteiger partial charge in [-0.2, -0.15) is 0 Å². The molecule has 2 atom stereocenters. The van der Waals surface area contributed by atoms with Crippen molar-refractivity contribution in [2.75, 3.05) is 13.7 Å². The average molecular weight is 338 g/mol. The second-order valence-electron chi connectivity index (χ2n) is 5.01. The summed E-state index contributed by atoms with van der Waals surface area (Å²) in [6, 6.07) is 7.36. The monoisotopic (exact) mass is 337 g/mol. The minimum atomic E-state index is -0.490. The Morgan fingerprint density at radius 3 is 2.61 bits per heavy atom. The van der Waals surface area contributed by atoms with Crippen LogP contribution in [0.3, 0.4) is 0 Å². The maximum atomic E-state index is 11.9. The SMILES string of the molecule is CC=CC(=CC)CNC(=O)OC(C)C(OC)c1ccccc1Cl. The first kappa shape index (κ1) is 19.3. The Morgan fingerprint density at radius 1 is 1.35 bits per heavy atom. The maximum absolute atomic E-state index is 11.9. The van der Waals surface area contributed by atoms with Gasteiger partial charge < -0.3 is 14.8 Å². The number of methoxy groups -OCH3 is 1. The van der Waals surface area contributed by atoms with Gasteiger partial charge in [-0.25, -0.2) is 4.79 Å². The Hall–Kier alpha value is -1.78. The summed E-state index contributed by atoms with van der Waals surface area (Å²) in [7, 11) is 1.57. The number of nitrogens with one attached hydrogen (secondary N) is 1. The van der Waals surface area contributed by atoms with Crippen molar-refractivity contribution in [3.8, 4) is 0 Å². The van der Waals surface area contributed by atoms with E-state index in [1.165, 1.54) is 0 Å². The zero-order valence-corrected chi connectivity index (χ0v) is 14.8. The molecule has 0 aromatic heterocycles. The number of halogens is 1. The number of hydrogen-bond donors (Lipinski definition) is 1. The number of ether oxygens (including phenoxy) is 2. The molecule has 0 aliphatic rings. The molecule has 0 spiro atoms. The molecule has 0 bridgehead atoms. The van der Waals surface area contributed by atoms with Gasteiger partial charge in [0.05, 0.1) is 0 Å². The smallest absolute Gasteiger partial charge is 0.407 e. The van der Waals surface area contributed by atoms with Crippen LogP contribution in [0.4, 0.5) is 4.79 Å². The predicted octanol–water partition coefficient (Wildman–Crippen LogP) is 4.66. The molecule has 126 valence electrons. The molecule has 0 saturated heterocycles. The maximum Gasteiger partial charge on any atom is 0.407 e. The molecule has 4 nitrogen and oxygen atoms in total. The molecule has 1 aromatic rings. The number of benzene rings is 1. The first-order chi connectivity index (χ1) is 11.0. The quantitative estimate of drug-likeness (QED) is 0.736. The Kier molecular flexibility index (Phi) is 8.45. The van der Waals surface area contributed by atoms with Gasteiger partial charge >= 0.3 is 6.09 Å². The van der Waals surface area contributed by atoms with Crippen LogP contribution in [0.25, 0.3) is 0 Å². The summed E-state index contributed by atoms with van der Waals surface area (Å²) < 4.78 is 10.9. The second-order valence-corrected chi connectivity index (χ2v) is 5.41. The van der Waals surface area contributed by atoms with Gasteiger partial charge in [-0.1, -0.05) is 48.0 Å². The lowest BCUT2D eigenvalue weighted by molar-refractivity contribution is -0.0145. The zero-order chi connectivity index (χ0) is 17.2. The average Bonchev–Trinajstić information content (AvgIpc) is 2.53. The summed E-state index contributed by atoms with van der Waals surface area (Å²) in [5.74, 6) is 0. The minimum Gasteiger partial charge on any atom is -0.443 e. The van der Waals surface area contributed by atoms with Crippen LogP contribution in [-0.4, -0.2) is 25.9 Å². The van der Waals surface area contributed by atoms with E-state index in [2.05, 4.69) is 5.32 Å².